The van der Waals surface area contributed by atoms with Crippen LogP contribution in [0.2, 0.25) is 0 Å². The molecule has 3 heteroatoms. The van der Waals surface area contributed by atoms with Gasteiger partial charge in [0.05, 0.1) is 11.6 Å². The van der Waals surface area contributed by atoms with Crippen molar-refractivity contribution in [2.24, 2.45) is 0 Å². The summed E-state index contributed by atoms with van der Waals surface area (Å²) in [6.45, 7) is 1.58. The van der Waals surface area contributed by atoms with Crippen LogP contribution < -0.4 is 0 Å². The zero-order valence-electron chi connectivity index (χ0n) is 7.81. The van der Waals surface area contributed by atoms with Crippen molar-refractivity contribution in [2.45, 2.75) is 13.0 Å². The molecule has 1 aromatic heterocycles. The molecule has 1 aromatic carbocycles. The summed E-state index contributed by atoms with van der Waals surface area (Å²) >= 11 is 0. The average Bonchev–Trinajstić information content (AvgIpc) is 2.16. The van der Waals surface area contributed by atoms with Gasteiger partial charge in [0.15, 0.2) is 0 Å². The first kappa shape index (κ1) is 8.97. The average molecular weight is 189 g/mol. The van der Waals surface area contributed by atoms with E-state index in [2.05, 4.69) is 4.98 Å². The van der Waals surface area contributed by atoms with Crippen molar-refractivity contribution in [3.05, 3.63) is 36.0 Å². The molecule has 72 valence electrons. The summed E-state index contributed by atoms with van der Waals surface area (Å²) in [5.41, 5.74) is 1.10. The number of nitrogens with zero attached hydrogens (tertiary/aromatic N) is 1. The van der Waals surface area contributed by atoms with E-state index in [9.17, 15) is 10.2 Å². The Balaban J connectivity index is 2.71. The largest absolute Gasteiger partial charge is 0.506 e. The number of rotatable bonds is 1. The number of aromatic hydroxyl groups is 1. The van der Waals surface area contributed by atoms with E-state index < -0.39 is 6.10 Å². The summed E-state index contributed by atoms with van der Waals surface area (Å²) in [6.07, 6.45) is -0.750. The summed E-state index contributed by atoms with van der Waals surface area (Å²) in [7, 11) is 0. The summed E-state index contributed by atoms with van der Waals surface area (Å²) in [5.74, 6) is 0.0405. The SMILES string of the molecule is CC(O)c1nc2ccccc2cc1O. The maximum Gasteiger partial charge on any atom is 0.140 e. The first-order valence-corrected chi connectivity index (χ1v) is 4.45. The minimum absolute atomic E-state index is 0.0405. The Bertz CT molecular complexity index is 466. The summed E-state index contributed by atoms with van der Waals surface area (Å²) in [5, 5.41) is 19.8. The lowest BCUT2D eigenvalue weighted by Gasteiger charge is -2.07. The third-order valence-corrected chi connectivity index (χ3v) is 2.13. The molecule has 2 N–H and O–H groups in total. The molecule has 3 nitrogen and oxygen atoms in total. The molecule has 0 aliphatic rings. The molecule has 1 heterocycles. The van der Waals surface area contributed by atoms with Gasteiger partial charge < -0.3 is 10.2 Å². The highest BCUT2D eigenvalue weighted by Gasteiger charge is 2.09. The number of aliphatic hydroxyl groups is 1. The molecule has 0 saturated carbocycles. The van der Waals surface area contributed by atoms with Gasteiger partial charge in [0, 0.05) is 5.39 Å². The van der Waals surface area contributed by atoms with Gasteiger partial charge in [-0.3, -0.25) is 0 Å². The van der Waals surface area contributed by atoms with Gasteiger partial charge in [-0.05, 0) is 19.1 Å². The highest BCUT2D eigenvalue weighted by atomic mass is 16.3. The second-order valence-corrected chi connectivity index (χ2v) is 3.26. The van der Waals surface area contributed by atoms with Crippen molar-refractivity contribution in [2.75, 3.05) is 0 Å². The van der Waals surface area contributed by atoms with E-state index in [-0.39, 0.29) is 5.75 Å². The standard InChI is InChI=1S/C11H11NO2/c1-7(13)11-10(14)6-8-4-2-3-5-9(8)12-11/h2-7,13-14H,1H3. The fourth-order valence-corrected chi connectivity index (χ4v) is 1.43. The molecule has 0 saturated heterocycles. The molecule has 0 aliphatic carbocycles. The predicted molar refractivity (Wildman–Crippen MR) is 54.0 cm³/mol. The number of aliphatic hydroxyl groups excluding tert-OH is 1. The Morgan fingerprint density at radius 1 is 1.29 bits per heavy atom. The minimum atomic E-state index is -0.750. The van der Waals surface area contributed by atoms with Crippen LogP contribution in [0.1, 0.15) is 18.7 Å². The highest BCUT2D eigenvalue weighted by Crippen LogP contribution is 2.25. The van der Waals surface area contributed by atoms with Crippen LogP contribution >= 0.6 is 0 Å². The maximum absolute atomic E-state index is 9.56. The van der Waals surface area contributed by atoms with Crippen LogP contribution in [0, 0.1) is 0 Å². The molecule has 0 amide bonds. The molecular formula is C11H11NO2. The molecule has 0 fully saturated rings. The van der Waals surface area contributed by atoms with Crippen molar-refractivity contribution >= 4 is 10.9 Å². The number of pyridine rings is 1. The molecule has 1 atom stereocenters. The Morgan fingerprint density at radius 2 is 2.00 bits per heavy atom. The number of hydrogen-bond donors (Lipinski definition) is 2. The Labute approximate surface area is 81.7 Å². The molecular weight excluding hydrogens is 178 g/mol. The normalized spacial score (nSPS) is 13.0. The van der Waals surface area contributed by atoms with Crippen molar-refractivity contribution in [1.29, 1.82) is 0 Å². The zero-order valence-corrected chi connectivity index (χ0v) is 7.81. The van der Waals surface area contributed by atoms with Crippen LogP contribution in [0.25, 0.3) is 10.9 Å². The first-order chi connectivity index (χ1) is 6.68. The lowest BCUT2D eigenvalue weighted by molar-refractivity contribution is 0.190. The van der Waals surface area contributed by atoms with E-state index >= 15 is 0 Å². The van der Waals surface area contributed by atoms with Gasteiger partial charge in [-0.15, -0.1) is 0 Å². The van der Waals surface area contributed by atoms with E-state index in [0.717, 1.165) is 10.9 Å². The lowest BCUT2D eigenvalue weighted by Crippen LogP contribution is -1.96. The predicted octanol–water partition coefficient (Wildman–Crippen LogP) is 1.99. The summed E-state index contributed by atoms with van der Waals surface area (Å²) < 4.78 is 0. The van der Waals surface area contributed by atoms with Gasteiger partial charge in [-0.2, -0.15) is 0 Å². The third kappa shape index (κ3) is 1.42. The van der Waals surface area contributed by atoms with E-state index in [0.29, 0.717) is 5.69 Å². The molecule has 0 spiro atoms. The monoisotopic (exact) mass is 189 g/mol. The minimum Gasteiger partial charge on any atom is -0.506 e. The molecule has 0 aliphatic heterocycles. The molecule has 0 bridgehead atoms. The van der Waals surface area contributed by atoms with Crippen molar-refractivity contribution < 1.29 is 10.2 Å². The summed E-state index contributed by atoms with van der Waals surface area (Å²) in [6, 6.07) is 9.09. The van der Waals surface area contributed by atoms with Crippen LogP contribution in [0.5, 0.6) is 5.75 Å². The van der Waals surface area contributed by atoms with Crippen LogP contribution in [0.4, 0.5) is 0 Å². The Morgan fingerprint density at radius 3 is 2.71 bits per heavy atom. The van der Waals surface area contributed by atoms with Crippen molar-refractivity contribution in [1.82, 2.24) is 4.98 Å². The number of benzene rings is 1. The smallest absolute Gasteiger partial charge is 0.140 e. The topological polar surface area (TPSA) is 53.4 Å². The van der Waals surface area contributed by atoms with E-state index in [1.54, 1.807) is 13.0 Å². The fraction of sp³-hybridized carbons (Fsp3) is 0.182. The summed E-state index contributed by atoms with van der Waals surface area (Å²) in [4.78, 5) is 4.17. The van der Waals surface area contributed by atoms with E-state index in [1.165, 1.54) is 0 Å². The third-order valence-electron chi connectivity index (χ3n) is 2.13. The molecule has 2 rings (SSSR count). The van der Waals surface area contributed by atoms with Crippen LogP contribution in [0.3, 0.4) is 0 Å². The second-order valence-electron chi connectivity index (χ2n) is 3.26. The number of fused-ring (bicyclic) bond motifs is 1. The van der Waals surface area contributed by atoms with Gasteiger partial charge in [-0.25, -0.2) is 4.98 Å². The zero-order chi connectivity index (χ0) is 10.1. The number of para-hydroxylation sites is 1. The van der Waals surface area contributed by atoms with Gasteiger partial charge in [0.1, 0.15) is 11.4 Å². The first-order valence-electron chi connectivity index (χ1n) is 4.45. The quantitative estimate of drug-likeness (QED) is 0.721. The maximum atomic E-state index is 9.56. The molecule has 0 radical (unpaired) electrons. The highest BCUT2D eigenvalue weighted by molar-refractivity contribution is 5.80. The number of aromatic nitrogens is 1. The van der Waals surface area contributed by atoms with Gasteiger partial charge in [0.25, 0.3) is 0 Å². The van der Waals surface area contributed by atoms with E-state index in [1.807, 2.05) is 24.3 Å². The van der Waals surface area contributed by atoms with Crippen LogP contribution in [-0.4, -0.2) is 15.2 Å². The Kier molecular flexibility index (Phi) is 2.09. The second kappa shape index (κ2) is 3.27. The van der Waals surface area contributed by atoms with Crippen LogP contribution in [0.15, 0.2) is 30.3 Å². The van der Waals surface area contributed by atoms with Gasteiger partial charge in [0.2, 0.25) is 0 Å². The molecule has 14 heavy (non-hydrogen) atoms. The van der Waals surface area contributed by atoms with Crippen molar-refractivity contribution in [3.8, 4) is 5.75 Å². The molecule has 1 unspecified atom stereocenters. The van der Waals surface area contributed by atoms with Crippen molar-refractivity contribution in [3.63, 3.8) is 0 Å². The Hall–Kier alpha value is -1.61. The van der Waals surface area contributed by atoms with Gasteiger partial charge >= 0.3 is 0 Å². The molecule has 2 aromatic rings. The number of hydrogen-bond acceptors (Lipinski definition) is 3. The van der Waals surface area contributed by atoms with Crippen LogP contribution in [-0.2, 0) is 0 Å². The van der Waals surface area contributed by atoms with Gasteiger partial charge in [-0.1, -0.05) is 18.2 Å². The van der Waals surface area contributed by atoms with E-state index in [4.69, 9.17) is 0 Å². The lowest BCUT2D eigenvalue weighted by atomic mass is 10.1. The fourth-order valence-electron chi connectivity index (χ4n) is 1.43.